The number of nitrogens with zero attached hydrogens (tertiary/aromatic N) is 4. The second kappa shape index (κ2) is 22.7. The lowest BCUT2D eigenvalue weighted by Gasteiger charge is -2.34. The predicted molar refractivity (Wildman–Crippen MR) is 311 cm³/mol. The maximum Gasteiger partial charge on any atom is 0.494 e. The number of halogens is 1. The third-order valence-corrected chi connectivity index (χ3v) is 16.6. The van der Waals surface area contributed by atoms with Crippen LogP contribution in [-0.2, 0) is 24.9 Å². The van der Waals surface area contributed by atoms with E-state index in [2.05, 4.69) is 77.7 Å². The normalized spacial score (nSPS) is 17.7. The van der Waals surface area contributed by atoms with Crippen molar-refractivity contribution in [3.8, 4) is 11.3 Å². The Labute approximate surface area is 458 Å². The molecule has 6 aromatic carbocycles. The number of benzene rings is 6. The van der Waals surface area contributed by atoms with Gasteiger partial charge in [0.25, 0.3) is 11.1 Å². The Balaban J connectivity index is 0.000000130. The molecular formula is C61H63BClN9O6. The highest BCUT2D eigenvalue weighted by Gasteiger charge is 2.52. The van der Waals surface area contributed by atoms with E-state index in [4.69, 9.17) is 20.9 Å². The van der Waals surface area contributed by atoms with Gasteiger partial charge in [0.1, 0.15) is 0 Å². The first-order valence-corrected chi connectivity index (χ1v) is 27.0. The van der Waals surface area contributed by atoms with E-state index in [0.717, 1.165) is 48.0 Å². The zero-order valence-corrected chi connectivity index (χ0v) is 45.1. The molecule has 0 unspecified atom stereocenters. The van der Waals surface area contributed by atoms with E-state index in [0.29, 0.717) is 50.3 Å². The van der Waals surface area contributed by atoms with E-state index < -0.39 is 0 Å². The summed E-state index contributed by atoms with van der Waals surface area (Å²) in [7, 11) is -0.385. The van der Waals surface area contributed by atoms with Crippen LogP contribution in [0.1, 0.15) is 83.8 Å². The minimum Gasteiger partial charge on any atom is -0.399 e. The van der Waals surface area contributed by atoms with Crippen molar-refractivity contribution in [2.24, 2.45) is 4.99 Å². The van der Waals surface area contributed by atoms with Crippen LogP contribution >= 0.6 is 11.6 Å². The average Bonchev–Trinajstić information content (AvgIpc) is 4.17. The van der Waals surface area contributed by atoms with Crippen LogP contribution in [0, 0.1) is 0 Å². The molecule has 5 aliphatic rings. The van der Waals surface area contributed by atoms with Gasteiger partial charge in [-0.3, -0.25) is 14.5 Å². The van der Waals surface area contributed by atoms with Gasteiger partial charge >= 0.3 is 13.1 Å². The number of para-hydroxylation sites is 2. The highest BCUT2D eigenvalue weighted by molar-refractivity contribution is 6.62. The molecule has 6 heterocycles. The second-order valence-electron chi connectivity index (χ2n) is 21.6. The van der Waals surface area contributed by atoms with Crippen LogP contribution < -0.4 is 37.4 Å². The molecule has 2 aromatic heterocycles. The first-order valence-electron chi connectivity index (χ1n) is 26.7. The second-order valence-corrected chi connectivity index (χ2v) is 22.0. The van der Waals surface area contributed by atoms with E-state index in [-0.39, 0.29) is 40.9 Å². The van der Waals surface area contributed by atoms with E-state index in [1.54, 1.807) is 42.0 Å². The molecule has 398 valence electrons. The van der Waals surface area contributed by atoms with E-state index in [1.807, 2.05) is 105 Å². The lowest BCUT2D eigenvalue weighted by Crippen LogP contribution is -2.45. The maximum absolute atomic E-state index is 13.3. The molecule has 1 aliphatic carbocycles. The molecule has 0 atom stereocenters. The number of piperidine rings is 1. The topological polar surface area (TPSA) is 196 Å². The molecule has 0 bridgehead atoms. The zero-order chi connectivity index (χ0) is 54.5. The number of nitrogens with one attached hydrogen (secondary N) is 5. The van der Waals surface area contributed by atoms with Crippen LogP contribution in [0.15, 0.2) is 160 Å². The zero-order valence-electron chi connectivity index (χ0n) is 44.3. The van der Waals surface area contributed by atoms with Gasteiger partial charge in [-0.15, -0.1) is 0 Å². The van der Waals surface area contributed by atoms with Crippen molar-refractivity contribution in [1.29, 1.82) is 0 Å². The summed E-state index contributed by atoms with van der Waals surface area (Å²) in [5.74, 6) is 0. The van der Waals surface area contributed by atoms with Crippen LogP contribution in [-0.4, -0.2) is 77.0 Å². The number of aromatic nitrogens is 4. The summed E-state index contributed by atoms with van der Waals surface area (Å²) >= 11 is 5.75. The summed E-state index contributed by atoms with van der Waals surface area (Å²) < 4.78 is 11.8. The van der Waals surface area contributed by atoms with Crippen LogP contribution in [0.5, 0.6) is 0 Å². The largest absolute Gasteiger partial charge is 0.494 e. The molecule has 17 heteroatoms. The summed E-state index contributed by atoms with van der Waals surface area (Å²) in [5.41, 5.74) is 8.42. The van der Waals surface area contributed by atoms with Gasteiger partial charge in [0.05, 0.1) is 33.4 Å². The SMILES string of the molecule is CC1(C)OB(c2ccc(N=C=O)cc2)OC1(C)C.O=C(Nc1ccc(-c2n[nH]c(=O)c3ccccc23)cc1)N1CC2(CCNCC2)c2ccccc21.O=c1[nH]nc(Cl)c2ccccc12.c1ccc2c(c1)NCC21CCCCC1. The van der Waals surface area contributed by atoms with Crippen molar-refractivity contribution in [3.05, 3.63) is 183 Å². The number of carbonyl (C=O) groups is 1. The number of H-pyrrole nitrogens is 2. The number of hydrogen-bond acceptors (Lipinski definition) is 11. The number of anilines is 3. The Hall–Kier alpha value is -7.72. The Bertz CT molecular complexity index is 3600. The Kier molecular flexibility index (Phi) is 15.6. The summed E-state index contributed by atoms with van der Waals surface area (Å²) in [5, 5.41) is 25.8. The first kappa shape index (κ1) is 53.7. The predicted octanol–water partition coefficient (Wildman–Crippen LogP) is 11.1. The molecular weight excluding hydrogens is 1000 g/mol. The average molecular weight is 1060 g/mol. The summed E-state index contributed by atoms with van der Waals surface area (Å²) in [4.78, 5) is 52.1. The van der Waals surface area contributed by atoms with Crippen molar-refractivity contribution < 1.29 is 18.9 Å². The molecule has 1 saturated carbocycles. The number of fused-ring (bicyclic) bond motifs is 6. The number of rotatable bonds is 4. The van der Waals surface area contributed by atoms with Gasteiger partial charge in [-0.2, -0.15) is 15.2 Å². The monoisotopic (exact) mass is 1060 g/mol. The van der Waals surface area contributed by atoms with Gasteiger partial charge < -0.3 is 25.3 Å². The van der Waals surface area contributed by atoms with Crippen molar-refractivity contribution in [3.63, 3.8) is 0 Å². The highest BCUT2D eigenvalue weighted by Crippen LogP contribution is 2.47. The van der Waals surface area contributed by atoms with E-state index >= 15 is 0 Å². The van der Waals surface area contributed by atoms with Crippen molar-refractivity contribution in [2.75, 3.05) is 41.7 Å². The Morgan fingerprint density at radius 2 is 1.24 bits per heavy atom. The fourth-order valence-electron chi connectivity index (χ4n) is 11.3. The summed E-state index contributed by atoms with van der Waals surface area (Å²) in [6.07, 6.45) is 10.6. The molecule has 2 saturated heterocycles. The van der Waals surface area contributed by atoms with Crippen LogP contribution in [0.25, 0.3) is 32.8 Å². The van der Waals surface area contributed by atoms with E-state index in [9.17, 15) is 19.2 Å². The number of aliphatic imine (C=N–C) groups is 1. The third kappa shape index (κ3) is 11.0. The summed E-state index contributed by atoms with van der Waals surface area (Å²) in [6.45, 7) is 11.9. The van der Waals surface area contributed by atoms with Crippen molar-refractivity contribution in [2.45, 2.75) is 94.7 Å². The molecule has 15 nitrogen and oxygen atoms in total. The number of aromatic amines is 2. The Morgan fingerprint density at radius 3 is 1.90 bits per heavy atom. The van der Waals surface area contributed by atoms with Crippen molar-refractivity contribution in [1.82, 2.24) is 25.7 Å². The molecule has 2 amide bonds. The first-order chi connectivity index (χ1) is 37.7. The van der Waals surface area contributed by atoms with Crippen LogP contribution in [0.4, 0.5) is 27.5 Å². The van der Waals surface area contributed by atoms with Gasteiger partial charge in [0.2, 0.25) is 6.08 Å². The maximum atomic E-state index is 13.3. The lowest BCUT2D eigenvalue weighted by molar-refractivity contribution is 0.00578. The molecule has 3 fully saturated rings. The minimum absolute atomic E-state index is 0.0278. The van der Waals surface area contributed by atoms with Crippen LogP contribution in [0.2, 0.25) is 5.15 Å². The number of isocyanates is 1. The van der Waals surface area contributed by atoms with Gasteiger partial charge in [-0.05, 0) is 132 Å². The lowest BCUT2D eigenvalue weighted by atomic mass is 9.71. The summed E-state index contributed by atoms with van der Waals surface area (Å²) in [6, 6.07) is 46.2. The van der Waals surface area contributed by atoms with Gasteiger partial charge in [-0.25, -0.2) is 19.8 Å². The highest BCUT2D eigenvalue weighted by atomic mass is 35.5. The molecule has 5 N–H and O–H groups in total. The molecule has 13 rings (SSSR count). The fourth-order valence-corrected chi connectivity index (χ4v) is 11.5. The fraction of sp³-hybridized carbons (Fsp3) is 0.311. The standard InChI is InChI=1S/C27H25N5O2.C13H16BNO3.C13H17N.C8H5ClN2O/c33-25-21-6-2-1-5-20(21)24(30-31-25)18-9-11-19(12-10-18)29-26(34)32-17-27(13-15-28-16-14-27)22-7-3-4-8-23(22)32;1-12(2)13(3,4)18-14(17-12)10-5-7-11(8-6-10)15-9-16;1-4-8-13(9-5-1)10-14-12-7-3-2-6-11(12)13;9-7-5-3-1-2-4-6(5)8(12)11-10-7/h1-12,28H,13-17H2,(H,29,34)(H,31,33);5-8H,1-4H3;2-3,6-7,14H,1,4-5,8-10H2;1-4H,(H,11,12). The molecule has 2 spiro atoms. The van der Waals surface area contributed by atoms with E-state index in [1.165, 1.54) is 56.0 Å². The Morgan fingerprint density at radius 1 is 0.667 bits per heavy atom. The van der Waals surface area contributed by atoms with Gasteiger partial charge in [-0.1, -0.05) is 128 Å². The number of carbonyl (C=O) groups excluding carboxylic acids is 2. The van der Waals surface area contributed by atoms with Crippen LogP contribution in [0.3, 0.4) is 0 Å². The quantitative estimate of drug-likeness (QED) is 0.0643. The molecule has 4 aliphatic heterocycles. The molecule has 78 heavy (non-hydrogen) atoms. The number of urea groups is 1. The minimum atomic E-state index is -0.385. The number of hydrogen-bond donors (Lipinski definition) is 5. The molecule has 0 radical (unpaired) electrons. The molecule has 8 aromatic rings. The number of amides is 2. The van der Waals surface area contributed by atoms with Gasteiger partial charge in [0, 0.05) is 57.3 Å². The third-order valence-electron chi connectivity index (χ3n) is 16.3. The van der Waals surface area contributed by atoms with Crippen molar-refractivity contribution >= 4 is 80.6 Å². The smallest absolute Gasteiger partial charge is 0.399 e. The van der Waals surface area contributed by atoms with Gasteiger partial charge in [0.15, 0.2) is 5.15 Å².